The van der Waals surface area contributed by atoms with E-state index < -0.39 is 5.82 Å². The van der Waals surface area contributed by atoms with Gasteiger partial charge in [-0.3, -0.25) is 19.3 Å². The normalized spacial score (nSPS) is 21.2. The SMILES string of the molecule is O=C(CN1C(=O)CCC1=O)N1CCC(Oc2ncc(F)cn2)C1. The van der Waals surface area contributed by atoms with E-state index in [1.807, 2.05) is 0 Å². The summed E-state index contributed by atoms with van der Waals surface area (Å²) in [5.41, 5.74) is 0. The van der Waals surface area contributed by atoms with Gasteiger partial charge in [0.25, 0.3) is 0 Å². The molecule has 1 aromatic rings. The minimum Gasteiger partial charge on any atom is -0.458 e. The van der Waals surface area contributed by atoms with Crippen molar-refractivity contribution in [3.05, 3.63) is 18.2 Å². The number of ether oxygens (including phenoxy) is 1. The average Bonchev–Trinajstić information content (AvgIpc) is 3.11. The summed E-state index contributed by atoms with van der Waals surface area (Å²) in [6.07, 6.45) is 2.62. The summed E-state index contributed by atoms with van der Waals surface area (Å²) in [4.78, 5) is 45.2. The van der Waals surface area contributed by atoms with Crippen molar-refractivity contribution in [1.29, 1.82) is 0 Å². The second-order valence-electron chi connectivity index (χ2n) is 5.43. The number of rotatable bonds is 4. The molecule has 2 saturated heterocycles. The van der Waals surface area contributed by atoms with Crippen LogP contribution in [0.4, 0.5) is 4.39 Å². The Labute approximate surface area is 131 Å². The molecule has 23 heavy (non-hydrogen) atoms. The summed E-state index contributed by atoms with van der Waals surface area (Å²) in [7, 11) is 0. The van der Waals surface area contributed by atoms with Crippen molar-refractivity contribution in [1.82, 2.24) is 19.8 Å². The van der Waals surface area contributed by atoms with E-state index in [9.17, 15) is 18.8 Å². The first-order valence-electron chi connectivity index (χ1n) is 7.28. The van der Waals surface area contributed by atoms with Crippen molar-refractivity contribution in [2.24, 2.45) is 0 Å². The predicted molar refractivity (Wildman–Crippen MR) is 73.6 cm³/mol. The Morgan fingerprint density at radius 3 is 2.57 bits per heavy atom. The van der Waals surface area contributed by atoms with Crippen LogP contribution in [-0.4, -0.2) is 63.2 Å². The van der Waals surface area contributed by atoms with Gasteiger partial charge in [-0.15, -0.1) is 0 Å². The maximum atomic E-state index is 12.7. The Morgan fingerprint density at radius 1 is 1.26 bits per heavy atom. The molecule has 1 aromatic heterocycles. The zero-order chi connectivity index (χ0) is 16.4. The maximum Gasteiger partial charge on any atom is 0.316 e. The zero-order valence-electron chi connectivity index (χ0n) is 12.3. The van der Waals surface area contributed by atoms with Gasteiger partial charge >= 0.3 is 6.01 Å². The van der Waals surface area contributed by atoms with E-state index in [1.165, 1.54) is 4.90 Å². The molecule has 0 N–H and O–H groups in total. The van der Waals surface area contributed by atoms with E-state index in [1.54, 1.807) is 0 Å². The number of amides is 3. The number of hydrogen-bond acceptors (Lipinski definition) is 6. The fourth-order valence-electron chi connectivity index (χ4n) is 2.60. The summed E-state index contributed by atoms with van der Waals surface area (Å²) < 4.78 is 18.2. The van der Waals surface area contributed by atoms with Crippen LogP contribution in [0.15, 0.2) is 12.4 Å². The predicted octanol–water partition coefficient (Wildman–Crippen LogP) is -0.256. The van der Waals surface area contributed by atoms with Crippen molar-refractivity contribution in [2.45, 2.75) is 25.4 Å². The smallest absolute Gasteiger partial charge is 0.316 e. The molecule has 2 fully saturated rings. The zero-order valence-corrected chi connectivity index (χ0v) is 12.3. The van der Waals surface area contributed by atoms with Gasteiger partial charge in [0, 0.05) is 25.8 Å². The molecule has 0 radical (unpaired) electrons. The van der Waals surface area contributed by atoms with Crippen molar-refractivity contribution in [2.75, 3.05) is 19.6 Å². The lowest BCUT2D eigenvalue weighted by molar-refractivity contribution is -0.145. The summed E-state index contributed by atoms with van der Waals surface area (Å²) in [5, 5.41) is 0. The molecular weight excluding hydrogens is 307 g/mol. The highest BCUT2D eigenvalue weighted by molar-refractivity contribution is 6.04. The fraction of sp³-hybridized carbons (Fsp3) is 0.500. The number of carbonyl (C=O) groups excluding carboxylic acids is 3. The van der Waals surface area contributed by atoms with Crippen LogP contribution in [0, 0.1) is 5.82 Å². The molecule has 0 saturated carbocycles. The van der Waals surface area contributed by atoms with Gasteiger partial charge in [-0.1, -0.05) is 0 Å². The van der Waals surface area contributed by atoms with Gasteiger partial charge in [-0.05, 0) is 0 Å². The van der Waals surface area contributed by atoms with E-state index in [2.05, 4.69) is 9.97 Å². The number of aromatic nitrogens is 2. The van der Waals surface area contributed by atoms with E-state index in [0.717, 1.165) is 17.3 Å². The second-order valence-corrected chi connectivity index (χ2v) is 5.43. The molecule has 1 unspecified atom stereocenters. The summed E-state index contributed by atoms with van der Waals surface area (Å²) in [6.45, 7) is 0.550. The van der Waals surface area contributed by atoms with Gasteiger partial charge in [0.1, 0.15) is 12.6 Å². The first-order valence-corrected chi connectivity index (χ1v) is 7.28. The number of hydrogen-bond donors (Lipinski definition) is 0. The van der Waals surface area contributed by atoms with E-state index in [-0.39, 0.29) is 49.2 Å². The van der Waals surface area contributed by atoms with Gasteiger partial charge < -0.3 is 9.64 Å². The van der Waals surface area contributed by atoms with E-state index in [4.69, 9.17) is 4.74 Å². The fourth-order valence-corrected chi connectivity index (χ4v) is 2.60. The monoisotopic (exact) mass is 322 g/mol. The van der Waals surface area contributed by atoms with Crippen LogP contribution in [0.5, 0.6) is 6.01 Å². The lowest BCUT2D eigenvalue weighted by atomic mass is 10.3. The van der Waals surface area contributed by atoms with Crippen LogP contribution in [0.1, 0.15) is 19.3 Å². The molecule has 0 aromatic carbocycles. The molecule has 0 aliphatic carbocycles. The molecule has 122 valence electrons. The third-order valence-electron chi connectivity index (χ3n) is 3.81. The lowest BCUT2D eigenvalue weighted by Crippen LogP contribution is -2.42. The van der Waals surface area contributed by atoms with Crippen LogP contribution in [0.25, 0.3) is 0 Å². The van der Waals surface area contributed by atoms with Gasteiger partial charge in [0.2, 0.25) is 17.7 Å². The van der Waals surface area contributed by atoms with Crippen LogP contribution >= 0.6 is 0 Å². The van der Waals surface area contributed by atoms with Crippen molar-refractivity contribution in [3.63, 3.8) is 0 Å². The van der Waals surface area contributed by atoms with Crippen LogP contribution in [0.3, 0.4) is 0 Å². The molecule has 9 heteroatoms. The Morgan fingerprint density at radius 2 is 1.91 bits per heavy atom. The quantitative estimate of drug-likeness (QED) is 0.710. The minimum atomic E-state index is -0.555. The maximum absolute atomic E-state index is 12.7. The molecule has 3 heterocycles. The average molecular weight is 322 g/mol. The summed E-state index contributed by atoms with van der Waals surface area (Å²) >= 11 is 0. The number of likely N-dealkylation sites (tertiary alicyclic amines) is 2. The third kappa shape index (κ3) is 3.43. The first kappa shape index (κ1) is 15.3. The van der Waals surface area contributed by atoms with E-state index >= 15 is 0 Å². The number of nitrogens with zero attached hydrogens (tertiary/aromatic N) is 4. The van der Waals surface area contributed by atoms with Crippen LogP contribution in [0.2, 0.25) is 0 Å². The molecule has 8 nitrogen and oxygen atoms in total. The van der Waals surface area contributed by atoms with Crippen LogP contribution in [-0.2, 0) is 14.4 Å². The van der Waals surface area contributed by atoms with Gasteiger partial charge in [0.15, 0.2) is 5.82 Å². The minimum absolute atomic E-state index is 0.0515. The van der Waals surface area contributed by atoms with Gasteiger partial charge in [-0.2, -0.15) is 0 Å². The van der Waals surface area contributed by atoms with Gasteiger partial charge in [0.05, 0.1) is 18.9 Å². The lowest BCUT2D eigenvalue weighted by Gasteiger charge is -2.20. The Hall–Kier alpha value is -2.58. The molecule has 2 aliphatic rings. The highest BCUT2D eigenvalue weighted by atomic mass is 19.1. The van der Waals surface area contributed by atoms with Crippen molar-refractivity contribution >= 4 is 17.7 Å². The molecule has 0 bridgehead atoms. The standard InChI is InChI=1S/C14H15FN4O4/c15-9-5-16-14(17-6-9)23-10-3-4-18(7-10)13(22)8-19-11(20)1-2-12(19)21/h5-6,10H,1-4,7-8H2. The molecule has 3 rings (SSSR count). The topological polar surface area (TPSA) is 92.7 Å². The first-order chi connectivity index (χ1) is 11.0. The van der Waals surface area contributed by atoms with Crippen molar-refractivity contribution in [3.8, 4) is 6.01 Å². The number of carbonyl (C=O) groups is 3. The number of imide groups is 1. The molecule has 1 atom stereocenters. The van der Waals surface area contributed by atoms with Crippen LogP contribution < -0.4 is 4.74 Å². The highest BCUT2D eigenvalue weighted by Gasteiger charge is 2.34. The number of halogens is 1. The van der Waals surface area contributed by atoms with Crippen molar-refractivity contribution < 1.29 is 23.5 Å². The molecule has 0 spiro atoms. The molecular formula is C14H15FN4O4. The summed E-state index contributed by atoms with van der Waals surface area (Å²) in [5.74, 6) is -1.47. The second kappa shape index (κ2) is 6.27. The Kier molecular flexibility index (Phi) is 4.18. The highest BCUT2D eigenvalue weighted by Crippen LogP contribution is 2.17. The largest absolute Gasteiger partial charge is 0.458 e. The molecule has 2 aliphatic heterocycles. The summed E-state index contributed by atoms with van der Waals surface area (Å²) in [6, 6.07) is 0.0515. The Balaban J connectivity index is 1.52. The molecule has 3 amide bonds. The third-order valence-corrected chi connectivity index (χ3v) is 3.81. The van der Waals surface area contributed by atoms with E-state index in [0.29, 0.717) is 19.5 Å². The van der Waals surface area contributed by atoms with Gasteiger partial charge in [-0.25, -0.2) is 14.4 Å². The Bertz CT molecular complexity index is 620.